The van der Waals surface area contributed by atoms with Gasteiger partial charge in [0.05, 0.1) is 0 Å². The maximum atomic E-state index is 12.3. The van der Waals surface area contributed by atoms with Gasteiger partial charge in [0.1, 0.15) is 0 Å². The molecule has 2 fully saturated rings. The van der Waals surface area contributed by atoms with Crippen molar-refractivity contribution < 1.29 is 10.0 Å². The predicted octanol–water partition coefficient (Wildman–Crippen LogP) is 1.32. The second-order valence-corrected chi connectivity index (χ2v) is 5.14. The van der Waals surface area contributed by atoms with E-state index in [-0.39, 0.29) is 11.8 Å². The quantitative estimate of drug-likeness (QED) is 0.856. The molecule has 3 rings (SSSR count). The van der Waals surface area contributed by atoms with Crippen LogP contribution in [-0.4, -0.2) is 47.3 Å². The minimum atomic E-state index is 0.164. The Morgan fingerprint density at radius 1 is 1.11 bits per heavy atom. The van der Waals surface area contributed by atoms with Gasteiger partial charge in [0.15, 0.2) is 0 Å². The van der Waals surface area contributed by atoms with Gasteiger partial charge in [0.25, 0.3) is 0 Å². The summed E-state index contributed by atoms with van der Waals surface area (Å²) in [6.45, 7) is 2.42. The van der Waals surface area contributed by atoms with Crippen molar-refractivity contribution in [3.05, 3.63) is 35.9 Å². The lowest BCUT2D eigenvalue weighted by atomic mass is 10.1. The SMILES string of the molecule is O=C([C@H]1C[C@@H]1c1ccccc1)N1CCN(O)CC1. The van der Waals surface area contributed by atoms with E-state index in [0.717, 1.165) is 6.42 Å². The number of carbonyl (C=O) groups is 1. The summed E-state index contributed by atoms with van der Waals surface area (Å²) in [5.74, 6) is 0.834. The van der Waals surface area contributed by atoms with E-state index in [4.69, 9.17) is 0 Å². The van der Waals surface area contributed by atoms with Gasteiger partial charge in [0, 0.05) is 32.1 Å². The Bertz CT molecular complexity index is 427. The van der Waals surface area contributed by atoms with E-state index in [9.17, 15) is 10.0 Å². The summed E-state index contributed by atoms with van der Waals surface area (Å²) in [7, 11) is 0. The molecule has 1 aliphatic heterocycles. The first-order valence-electron chi connectivity index (χ1n) is 6.53. The third kappa shape index (κ3) is 2.26. The van der Waals surface area contributed by atoms with Crippen molar-refractivity contribution in [3.8, 4) is 0 Å². The van der Waals surface area contributed by atoms with Crippen molar-refractivity contribution >= 4 is 5.91 Å². The molecule has 96 valence electrons. The standard InChI is InChI=1S/C14H18N2O2/c17-14(15-6-8-16(18)9-7-15)13-10-12(13)11-4-2-1-3-5-11/h1-5,12-13,18H,6-10H2/t12-,13+/m1/s1. The zero-order valence-electron chi connectivity index (χ0n) is 10.3. The second-order valence-electron chi connectivity index (χ2n) is 5.14. The van der Waals surface area contributed by atoms with Gasteiger partial charge < -0.3 is 10.1 Å². The number of hydroxylamine groups is 2. The second kappa shape index (κ2) is 4.71. The van der Waals surface area contributed by atoms with Crippen LogP contribution in [0.15, 0.2) is 30.3 Å². The van der Waals surface area contributed by atoms with Gasteiger partial charge in [-0.05, 0) is 17.9 Å². The van der Waals surface area contributed by atoms with E-state index in [0.29, 0.717) is 32.1 Å². The van der Waals surface area contributed by atoms with Gasteiger partial charge >= 0.3 is 0 Å². The molecule has 1 aromatic carbocycles. The number of hydrogen-bond donors (Lipinski definition) is 1. The summed E-state index contributed by atoms with van der Waals surface area (Å²) in [6, 6.07) is 10.3. The first-order valence-corrected chi connectivity index (χ1v) is 6.53. The molecule has 0 radical (unpaired) electrons. The van der Waals surface area contributed by atoms with Crippen molar-refractivity contribution in [2.45, 2.75) is 12.3 Å². The van der Waals surface area contributed by atoms with Gasteiger partial charge in [-0.3, -0.25) is 4.79 Å². The zero-order chi connectivity index (χ0) is 12.5. The van der Waals surface area contributed by atoms with Gasteiger partial charge in [-0.2, -0.15) is 5.06 Å². The third-order valence-electron chi connectivity index (χ3n) is 3.90. The van der Waals surface area contributed by atoms with E-state index in [1.54, 1.807) is 0 Å². The molecule has 1 aliphatic carbocycles. The molecule has 4 nitrogen and oxygen atoms in total. The van der Waals surface area contributed by atoms with Gasteiger partial charge in [0.2, 0.25) is 5.91 Å². The molecule has 1 saturated carbocycles. The Morgan fingerprint density at radius 2 is 1.78 bits per heavy atom. The van der Waals surface area contributed by atoms with Gasteiger partial charge in [-0.15, -0.1) is 0 Å². The minimum absolute atomic E-state index is 0.164. The molecular formula is C14H18N2O2. The molecular weight excluding hydrogens is 228 g/mol. The highest BCUT2D eigenvalue weighted by atomic mass is 16.5. The Balaban J connectivity index is 1.59. The van der Waals surface area contributed by atoms with Crippen molar-refractivity contribution in [1.29, 1.82) is 0 Å². The number of amides is 1. The van der Waals surface area contributed by atoms with Crippen molar-refractivity contribution in [1.82, 2.24) is 9.96 Å². The highest BCUT2D eigenvalue weighted by molar-refractivity contribution is 5.83. The Morgan fingerprint density at radius 3 is 2.44 bits per heavy atom. The van der Waals surface area contributed by atoms with Gasteiger partial charge in [-0.25, -0.2) is 0 Å². The summed E-state index contributed by atoms with van der Waals surface area (Å²) >= 11 is 0. The molecule has 0 aromatic heterocycles. The first-order chi connectivity index (χ1) is 8.75. The number of hydrogen-bond acceptors (Lipinski definition) is 3. The Kier molecular flexibility index (Phi) is 3.06. The lowest BCUT2D eigenvalue weighted by Gasteiger charge is -2.31. The van der Waals surface area contributed by atoms with Crippen LogP contribution in [0.1, 0.15) is 17.9 Å². The Labute approximate surface area is 107 Å². The molecule has 1 saturated heterocycles. The summed E-state index contributed by atoms with van der Waals surface area (Å²) in [5, 5.41) is 10.6. The molecule has 0 spiro atoms. The number of carbonyl (C=O) groups excluding carboxylic acids is 1. The highest BCUT2D eigenvalue weighted by Crippen LogP contribution is 2.48. The van der Waals surface area contributed by atoms with Crippen LogP contribution in [-0.2, 0) is 4.79 Å². The fourth-order valence-electron chi connectivity index (χ4n) is 2.69. The van der Waals surface area contributed by atoms with Crippen molar-refractivity contribution in [2.24, 2.45) is 5.92 Å². The lowest BCUT2D eigenvalue weighted by Crippen LogP contribution is -2.48. The van der Waals surface area contributed by atoms with E-state index in [1.165, 1.54) is 10.6 Å². The smallest absolute Gasteiger partial charge is 0.226 e. The molecule has 1 aromatic rings. The number of piperazine rings is 1. The summed E-state index contributed by atoms with van der Waals surface area (Å²) in [5.41, 5.74) is 1.27. The van der Waals surface area contributed by atoms with Crippen LogP contribution in [0.3, 0.4) is 0 Å². The van der Waals surface area contributed by atoms with Crippen molar-refractivity contribution in [2.75, 3.05) is 26.2 Å². The Hall–Kier alpha value is -1.39. The van der Waals surface area contributed by atoms with Crippen LogP contribution in [0.4, 0.5) is 0 Å². The predicted molar refractivity (Wildman–Crippen MR) is 67.2 cm³/mol. The molecule has 1 heterocycles. The van der Waals surface area contributed by atoms with Crippen LogP contribution in [0.25, 0.3) is 0 Å². The number of nitrogens with zero attached hydrogens (tertiary/aromatic N) is 2. The largest absolute Gasteiger partial charge is 0.340 e. The fourth-order valence-corrected chi connectivity index (χ4v) is 2.69. The van der Waals surface area contributed by atoms with E-state index < -0.39 is 0 Å². The van der Waals surface area contributed by atoms with Crippen molar-refractivity contribution in [3.63, 3.8) is 0 Å². The molecule has 18 heavy (non-hydrogen) atoms. The third-order valence-corrected chi connectivity index (χ3v) is 3.90. The van der Waals surface area contributed by atoms with E-state index >= 15 is 0 Å². The fraction of sp³-hybridized carbons (Fsp3) is 0.500. The van der Waals surface area contributed by atoms with Crippen LogP contribution in [0, 0.1) is 5.92 Å². The molecule has 2 atom stereocenters. The molecule has 4 heteroatoms. The van der Waals surface area contributed by atoms with Gasteiger partial charge in [-0.1, -0.05) is 30.3 Å². The molecule has 0 bridgehead atoms. The number of rotatable bonds is 2. The molecule has 2 aliphatic rings. The maximum absolute atomic E-state index is 12.3. The minimum Gasteiger partial charge on any atom is -0.340 e. The van der Waals surface area contributed by atoms with Crippen LogP contribution >= 0.6 is 0 Å². The normalized spacial score (nSPS) is 28.2. The number of benzene rings is 1. The maximum Gasteiger partial charge on any atom is 0.226 e. The van der Waals surface area contributed by atoms with Crippen LogP contribution < -0.4 is 0 Å². The van der Waals surface area contributed by atoms with Crippen LogP contribution in [0.2, 0.25) is 0 Å². The summed E-state index contributed by atoms with van der Waals surface area (Å²) < 4.78 is 0. The van der Waals surface area contributed by atoms with E-state index in [2.05, 4.69) is 12.1 Å². The molecule has 1 amide bonds. The summed E-state index contributed by atoms with van der Waals surface area (Å²) in [4.78, 5) is 14.2. The monoisotopic (exact) mass is 246 g/mol. The topological polar surface area (TPSA) is 43.8 Å². The average molecular weight is 246 g/mol. The summed E-state index contributed by atoms with van der Waals surface area (Å²) in [6.07, 6.45) is 0.974. The highest BCUT2D eigenvalue weighted by Gasteiger charge is 2.45. The van der Waals surface area contributed by atoms with Crippen LogP contribution in [0.5, 0.6) is 0 Å². The first kappa shape index (κ1) is 11.7. The van der Waals surface area contributed by atoms with E-state index in [1.807, 2.05) is 23.1 Å². The molecule has 1 N–H and O–H groups in total. The zero-order valence-corrected chi connectivity index (χ0v) is 10.3. The lowest BCUT2D eigenvalue weighted by molar-refractivity contribution is -0.147. The molecule has 0 unspecified atom stereocenters. The average Bonchev–Trinajstić information content (AvgIpc) is 3.20.